The molecule has 1 unspecified atom stereocenters. The second kappa shape index (κ2) is 9.30. The normalized spacial score (nSPS) is 19.6. The molecule has 2 fully saturated rings. The van der Waals surface area contributed by atoms with Gasteiger partial charge in [-0.05, 0) is 36.3 Å². The van der Waals surface area contributed by atoms with E-state index in [9.17, 15) is 14.4 Å². The number of ether oxygens (including phenoxy) is 1. The fraction of sp³-hybridized carbons (Fsp3) is 0.409. The summed E-state index contributed by atoms with van der Waals surface area (Å²) in [4.78, 5) is 41.1. The lowest BCUT2D eigenvalue weighted by Gasteiger charge is -2.38. The summed E-state index contributed by atoms with van der Waals surface area (Å²) in [6.45, 7) is 1.53. The third-order valence-corrected chi connectivity index (χ3v) is 6.54. The average Bonchev–Trinajstić information content (AvgIpc) is 3.43. The van der Waals surface area contributed by atoms with E-state index in [0.29, 0.717) is 37.4 Å². The van der Waals surface area contributed by atoms with Crippen LogP contribution in [-0.2, 0) is 16.0 Å². The number of thiophene rings is 1. The van der Waals surface area contributed by atoms with Crippen LogP contribution in [0.15, 0.2) is 47.8 Å². The van der Waals surface area contributed by atoms with Crippen LogP contribution < -0.4 is 5.32 Å². The van der Waals surface area contributed by atoms with Crippen LogP contribution in [0.4, 0.5) is 4.79 Å². The molecule has 0 radical (unpaired) electrons. The number of amides is 3. The van der Waals surface area contributed by atoms with Gasteiger partial charge in [0.05, 0.1) is 17.5 Å². The number of hydrogen-bond acceptors (Lipinski definition) is 5. The Morgan fingerprint density at radius 2 is 1.87 bits per heavy atom. The maximum absolute atomic E-state index is 12.5. The summed E-state index contributed by atoms with van der Waals surface area (Å²) in [7, 11) is 0. The van der Waals surface area contributed by atoms with Gasteiger partial charge in [-0.15, -0.1) is 11.3 Å². The van der Waals surface area contributed by atoms with Crippen LogP contribution in [0, 0.1) is 0 Å². The van der Waals surface area contributed by atoms with E-state index in [1.807, 2.05) is 28.5 Å². The van der Waals surface area contributed by atoms with Gasteiger partial charge in [-0.2, -0.15) is 0 Å². The first-order chi connectivity index (χ1) is 14.6. The predicted octanol–water partition coefficient (Wildman–Crippen LogP) is 2.53. The predicted molar refractivity (Wildman–Crippen MR) is 113 cm³/mol. The second-order valence-electron chi connectivity index (χ2n) is 7.60. The van der Waals surface area contributed by atoms with Crippen molar-refractivity contribution in [2.75, 3.05) is 26.2 Å². The SMILES string of the molecule is O=C(NCC(=O)N1CCC(N2C(=O)OCC2Cc2ccccc2)CC1)c1cccs1. The molecule has 1 atom stereocenters. The third-order valence-electron chi connectivity index (χ3n) is 5.67. The Morgan fingerprint density at radius 3 is 2.57 bits per heavy atom. The molecule has 3 heterocycles. The number of nitrogens with zero attached hydrogens (tertiary/aromatic N) is 2. The van der Waals surface area contributed by atoms with Crippen molar-refractivity contribution in [1.29, 1.82) is 0 Å². The van der Waals surface area contributed by atoms with Gasteiger partial charge in [0.1, 0.15) is 6.61 Å². The number of nitrogens with one attached hydrogen (secondary N) is 1. The monoisotopic (exact) mass is 427 g/mol. The van der Waals surface area contributed by atoms with Crippen molar-refractivity contribution in [3.63, 3.8) is 0 Å². The van der Waals surface area contributed by atoms with Gasteiger partial charge in [0.15, 0.2) is 0 Å². The molecular weight excluding hydrogens is 402 g/mol. The van der Waals surface area contributed by atoms with Gasteiger partial charge in [0, 0.05) is 19.1 Å². The largest absolute Gasteiger partial charge is 0.447 e. The Balaban J connectivity index is 1.28. The van der Waals surface area contributed by atoms with Crippen molar-refractivity contribution in [1.82, 2.24) is 15.1 Å². The smallest absolute Gasteiger partial charge is 0.410 e. The zero-order valence-corrected chi connectivity index (χ0v) is 17.5. The van der Waals surface area contributed by atoms with Gasteiger partial charge in [-0.25, -0.2) is 4.79 Å². The third kappa shape index (κ3) is 4.64. The number of piperidine rings is 1. The number of cyclic esters (lactones) is 1. The highest BCUT2D eigenvalue weighted by Crippen LogP contribution is 2.26. The van der Waals surface area contributed by atoms with Crippen molar-refractivity contribution in [2.45, 2.75) is 31.3 Å². The highest BCUT2D eigenvalue weighted by molar-refractivity contribution is 7.12. The van der Waals surface area contributed by atoms with Gasteiger partial charge in [-0.3, -0.25) is 14.5 Å². The summed E-state index contributed by atoms with van der Waals surface area (Å²) in [5.41, 5.74) is 1.18. The lowest BCUT2D eigenvalue weighted by molar-refractivity contribution is -0.131. The first-order valence-corrected chi connectivity index (χ1v) is 11.1. The molecule has 8 heteroatoms. The number of likely N-dealkylation sites (tertiary alicyclic amines) is 1. The minimum atomic E-state index is -0.260. The summed E-state index contributed by atoms with van der Waals surface area (Å²) >= 11 is 1.35. The summed E-state index contributed by atoms with van der Waals surface area (Å²) in [6, 6.07) is 13.7. The van der Waals surface area contributed by atoms with E-state index in [1.54, 1.807) is 17.0 Å². The number of carbonyl (C=O) groups is 3. The van der Waals surface area contributed by atoms with Crippen LogP contribution >= 0.6 is 11.3 Å². The number of hydrogen-bond donors (Lipinski definition) is 1. The van der Waals surface area contributed by atoms with Gasteiger partial charge in [0.25, 0.3) is 5.91 Å². The maximum atomic E-state index is 12.5. The molecule has 30 heavy (non-hydrogen) atoms. The summed E-state index contributed by atoms with van der Waals surface area (Å²) < 4.78 is 5.34. The maximum Gasteiger partial charge on any atom is 0.410 e. The van der Waals surface area contributed by atoms with Gasteiger partial charge >= 0.3 is 6.09 Å². The average molecular weight is 428 g/mol. The molecule has 2 aliphatic rings. The van der Waals surface area contributed by atoms with Crippen molar-refractivity contribution < 1.29 is 19.1 Å². The molecule has 2 aromatic rings. The van der Waals surface area contributed by atoms with E-state index in [-0.39, 0.29) is 36.5 Å². The van der Waals surface area contributed by atoms with E-state index < -0.39 is 0 Å². The number of rotatable bonds is 6. The quantitative estimate of drug-likeness (QED) is 0.768. The number of benzene rings is 1. The molecule has 0 aliphatic carbocycles. The Morgan fingerprint density at radius 1 is 1.10 bits per heavy atom. The first-order valence-electron chi connectivity index (χ1n) is 10.2. The molecule has 0 bridgehead atoms. The lowest BCUT2D eigenvalue weighted by Crippen LogP contribution is -2.51. The molecule has 7 nitrogen and oxygen atoms in total. The van der Waals surface area contributed by atoms with Crippen molar-refractivity contribution in [3.8, 4) is 0 Å². The summed E-state index contributed by atoms with van der Waals surface area (Å²) in [5.74, 6) is -0.319. The first kappa shape index (κ1) is 20.4. The molecule has 0 saturated carbocycles. The molecule has 1 aromatic heterocycles. The van der Waals surface area contributed by atoms with Crippen LogP contribution in [0.2, 0.25) is 0 Å². The van der Waals surface area contributed by atoms with Crippen LogP contribution in [0.3, 0.4) is 0 Å². The molecule has 2 saturated heterocycles. The molecular formula is C22H25N3O4S. The fourth-order valence-electron chi connectivity index (χ4n) is 4.12. The molecule has 2 aliphatic heterocycles. The Bertz CT molecular complexity index is 879. The summed E-state index contributed by atoms with van der Waals surface area (Å²) in [5, 5.41) is 4.51. The molecule has 0 spiro atoms. The van der Waals surface area contributed by atoms with E-state index in [0.717, 1.165) is 6.42 Å². The van der Waals surface area contributed by atoms with Crippen LogP contribution in [0.5, 0.6) is 0 Å². The zero-order valence-electron chi connectivity index (χ0n) is 16.7. The topological polar surface area (TPSA) is 79.0 Å². The Hall–Kier alpha value is -2.87. The molecule has 3 amide bonds. The number of carbonyl (C=O) groups excluding carboxylic acids is 3. The van der Waals surface area contributed by atoms with Gasteiger partial charge < -0.3 is 15.0 Å². The molecule has 1 N–H and O–H groups in total. The lowest BCUT2D eigenvalue weighted by atomic mass is 9.99. The highest BCUT2D eigenvalue weighted by atomic mass is 32.1. The molecule has 158 valence electrons. The fourth-order valence-corrected chi connectivity index (χ4v) is 4.76. The van der Waals surface area contributed by atoms with Gasteiger partial charge in [-0.1, -0.05) is 36.4 Å². The Labute approximate surface area is 179 Å². The molecule has 1 aromatic carbocycles. The van der Waals surface area contributed by atoms with E-state index in [1.165, 1.54) is 16.9 Å². The van der Waals surface area contributed by atoms with Crippen LogP contribution in [0.1, 0.15) is 28.1 Å². The molecule has 4 rings (SSSR count). The van der Waals surface area contributed by atoms with Crippen molar-refractivity contribution >= 4 is 29.2 Å². The van der Waals surface area contributed by atoms with E-state index in [4.69, 9.17) is 4.74 Å². The standard InChI is InChI=1S/C22H25N3O4S/c26-20(14-23-21(27)19-7-4-12-30-19)24-10-8-17(9-11-24)25-18(15-29-22(25)28)13-16-5-2-1-3-6-16/h1-7,12,17-18H,8-11,13-15H2,(H,23,27). The van der Waals surface area contributed by atoms with Crippen LogP contribution in [0.25, 0.3) is 0 Å². The highest BCUT2D eigenvalue weighted by Gasteiger charge is 2.39. The van der Waals surface area contributed by atoms with Gasteiger partial charge in [0.2, 0.25) is 5.91 Å². The Kier molecular flexibility index (Phi) is 6.32. The minimum Gasteiger partial charge on any atom is -0.447 e. The van der Waals surface area contributed by atoms with Crippen molar-refractivity contribution in [2.24, 2.45) is 0 Å². The second-order valence-corrected chi connectivity index (χ2v) is 8.55. The van der Waals surface area contributed by atoms with E-state index in [2.05, 4.69) is 17.4 Å². The zero-order chi connectivity index (χ0) is 20.9. The minimum absolute atomic E-state index is 0.0101. The summed E-state index contributed by atoms with van der Waals surface area (Å²) in [6.07, 6.45) is 1.93. The van der Waals surface area contributed by atoms with Crippen molar-refractivity contribution in [3.05, 3.63) is 58.3 Å². The van der Waals surface area contributed by atoms with E-state index >= 15 is 0 Å². The van der Waals surface area contributed by atoms with Crippen LogP contribution in [-0.4, -0.2) is 66.0 Å².